The molecule has 21 heavy (non-hydrogen) atoms. The van der Waals surface area contributed by atoms with Gasteiger partial charge in [0.15, 0.2) is 0 Å². The van der Waals surface area contributed by atoms with E-state index in [0.717, 1.165) is 18.2 Å². The van der Waals surface area contributed by atoms with Gasteiger partial charge in [-0.25, -0.2) is 0 Å². The summed E-state index contributed by atoms with van der Waals surface area (Å²) in [6.45, 7) is 2.72. The van der Waals surface area contributed by atoms with Crippen LogP contribution < -0.4 is 10.9 Å². The zero-order chi connectivity index (χ0) is 15.2. The molecule has 0 unspecified atom stereocenters. The first-order valence-electron chi connectivity index (χ1n) is 7.03. The number of nitrogens with zero attached hydrogens (tertiary/aromatic N) is 1. The Hall–Kier alpha value is -2.54. The quantitative estimate of drug-likeness (QED) is 0.854. The molecule has 0 saturated carbocycles. The molecule has 0 aliphatic rings. The van der Waals surface area contributed by atoms with Gasteiger partial charge >= 0.3 is 0 Å². The van der Waals surface area contributed by atoms with E-state index in [1.165, 1.54) is 4.57 Å². The molecule has 1 N–H and O–H groups in total. The molecule has 0 saturated heterocycles. The van der Waals surface area contributed by atoms with Gasteiger partial charge in [-0.05, 0) is 23.9 Å². The largest absolute Gasteiger partial charge is 0.340 e. The van der Waals surface area contributed by atoms with Gasteiger partial charge in [-0.2, -0.15) is 0 Å². The Kier molecular flexibility index (Phi) is 4.78. The lowest BCUT2D eigenvalue weighted by atomic mass is 10.1. The number of amides is 1. The Labute approximate surface area is 123 Å². The third-order valence-electron chi connectivity index (χ3n) is 3.34. The van der Waals surface area contributed by atoms with Crippen LogP contribution in [0.3, 0.4) is 0 Å². The highest BCUT2D eigenvalue weighted by Gasteiger charge is 2.14. The fraction of sp³-hybridized carbons (Fsp3) is 0.294. The van der Waals surface area contributed by atoms with Gasteiger partial charge in [-0.1, -0.05) is 37.5 Å². The van der Waals surface area contributed by atoms with Crippen LogP contribution >= 0.6 is 0 Å². The first-order valence-corrected chi connectivity index (χ1v) is 7.03. The van der Waals surface area contributed by atoms with Crippen molar-refractivity contribution in [2.24, 2.45) is 0 Å². The number of benzene rings is 1. The van der Waals surface area contributed by atoms with E-state index in [2.05, 4.69) is 11.2 Å². The van der Waals surface area contributed by atoms with Gasteiger partial charge in [0.1, 0.15) is 5.69 Å². The number of nitrogens with one attached hydrogen (secondary N) is 1. The molecule has 1 heterocycles. The lowest BCUT2D eigenvalue weighted by Gasteiger charge is -2.13. The van der Waals surface area contributed by atoms with E-state index in [1.54, 1.807) is 12.1 Å². The fourth-order valence-electron chi connectivity index (χ4n) is 2.25. The smallest absolute Gasteiger partial charge is 0.268 e. The van der Waals surface area contributed by atoms with Crippen LogP contribution in [0.5, 0.6) is 0 Å². The summed E-state index contributed by atoms with van der Waals surface area (Å²) in [6, 6.07) is 9.04. The van der Waals surface area contributed by atoms with Crippen LogP contribution in [0.15, 0.2) is 35.1 Å². The monoisotopic (exact) mass is 282 g/mol. The number of hydrogen-bond donors (Lipinski definition) is 1. The number of unbranched alkanes of at least 4 members (excludes halogenated alkanes) is 1. The van der Waals surface area contributed by atoms with Crippen molar-refractivity contribution in [3.8, 4) is 12.3 Å². The molecule has 0 radical (unpaired) electrons. The van der Waals surface area contributed by atoms with E-state index in [-0.39, 0.29) is 18.0 Å². The van der Waals surface area contributed by atoms with Crippen molar-refractivity contribution in [1.29, 1.82) is 0 Å². The second-order valence-electron chi connectivity index (χ2n) is 4.81. The van der Waals surface area contributed by atoms with Crippen molar-refractivity contribution >= 4 is 16.7 Å². The van der Waals surface area contributed by atoms with Crippen LogP contribution in [-0.2, 0) is 6.54 Å². The van der Waals surface area contributed by atoms with Crippen LogP contribution in [-0.4, -0.2) is 17.0 Å². The maximum atomic E-state index is 12.6. The Morgan fingerprint density at radius 1 is 1.38 bits per heavy atom. The fourth-order valence-corrected chi connectivity index (χ4v) is 2.25. The Morgan fingerprint density at radius 3 is 2.86 bits per heavy atom. The van der Waals surface area contributed by atoms with Crippen molar-refractivity contribution in [1.82, 2.24) is 9.88 Å². The number of fused-ring (bicyclic) bond motifs is 1. The van der Waals surface area contributed by atoms with Gasteiger partial charge in [-0.15, -0.1) is 6.42 Å². The SMILES string of the molecule is C#CCNC(=O)c1cc2ccccc2c(=O)n1CCCC. The zero-order valence-corrected chi connectivity index (χ0v) is 12.1. The topological polar surface area (TPSA) is 51.1 Å². The number of carbonyl (C=O) groups is 1. The number of aromatic nitrogens is 1. The lowest BCUT2D eigenvalue weighted by molar-refractivity contribution is 0.0948. The molecule has 0 fully saturated rings. The van der Waals surface area contributed by atoms with E-state index in [0.29, 0.717) is 17.6 Å². The molecule has 4 nitrogen and oxygen atoms in total. The minimum absolute atomic E-state index is 0.132. The molecule has 0 atom stereocenters. The molecule has 0 aliphatic carbocycles. The van der Waals surface area contributed by atoms with Crippen molar-refractivity contribution < 1.29 is 4.79 Å². The summed E-state index contributed by atoms with van der Waals surface area (Å²) >= 11 is 0. The molecule has 4 heteroatoms. The second-order valence-corrected chi connectivity index (χ2v) is 4.81. The van der Waals surface area contributed by atoms with Crippen molar-refractivity contribution in [2.75, 3.05) is 6.54 Å². The van der Waals surface area contributed by atoms with Crippen molar-refractivity contribution in [2.45, 2.75) is 26.3 Å². The molecule has 0 aliphatic heterocycles. The van der Waals surface area contributed by atoms with E-state index in [9.17, 15) is 9.59 Å². The first-order chi connectivity index (χ1) is 10.2. The van der Waals surface area contributed by atoms with Gasteiger partial charge in [-0.3, -0.25) is 9.59 Å². The summed E-state index contributed by atoms with van der Waals surface area (Å²) in [6.07, 6.45) is 6.95. The predicted molar refractivity (Wildman–Crippen MR) is 84.3 cm³/mol. The van der Waals surface area contributed by atoms with Crippen molar-refractivity contribution in [3.63, 3.8) is 0 Å². The first kappa shape index (κ1) is 14.9. The molecule has 0 spiro atoms. The molecule has 2 rings (SSSR count). The number of rotatable bonds is 5. The van der Waals surface area contributed by atoms with Crippen LogP contribution in [0.4, 0.5) is 0 Å². The summed E-state index contributed by atoms with van der Waals surface area (Å²) in [4.78, 5) is 24.8. The molecule has 1 amide bonds. The molecule has 1 aromatic heterocycles. The highest BCUT2D eigenvalue weighted by molar-refractivity contribution is 5.96. The normalized spacial score (nSPS) is 10.3. The van der Waals surface area contributed by atoms with E-state index < -0.39 is 0 Å². The zero-order valence-electron chi connectivity index (χ0n) is 12.1. The maximum absolute atomic E-state index is 12.6. The highest BCUT2D eigenvalue weighted by Crippen LogP contribution is 2.13. The minimum Gasteiger partial charge on any atom is -0.340 e. The average Bonchev–Trinajstić information content (AvgIpc) is 2.51. The third-order valence-corrected chi connectivity index (χ3v) is 3.34. The molecular formula is C17H18N2O2. The molecule has 0 bridgehead atoms. The Morgan fingerprint density at radius 2 is 2.14 bits per heavy atom. The van der Waals surface area contributed by atoms with E-state index in [1.807, 2.05) is 25.1 Å². The lowest BCUT2D eigenvalue weighted by Crippen LogP contribution is -2.32. The number of hydrogen-bond acceptors (Lipinski definition) is 2. The maximum Gasteiger partial charge on any atom is 0.268 e. The number of carbonyl (C=O) groups excluding carboxylic acids is 1. The third kappa shape index (κ3) is 3.14. The summed E-state index contributed by atoms with van der Waals surface area (Å²) in [7, 11) is 0. The van der Waals surface area contributed by atoms with Crippen LogP contribution in [0.2, 0.25) is 0 Å². The second kappa shape index (κ2) is 6.76. The highest BCUT2D eigenvalue weighted by atomic mass is 16.2. The molecule has 1 aromatic carbocycles. The molecular weight excluding hydrogens is 264 g/mol. The number of pyridine rings is 1. The standard InChI is InChI=1S/C17H18N2O2/c1-3-5-11-19-15(16(20)18-10-4-2)12-13-8-6-7-9-14(13)17(19)21/h2,6-9,12H,3,5,10-11H2,1H3,(H,18,20). The van der Waals surface area contributed by atoms with Crippen molar-refractivity contribution in [3.05, 3.63) is 46.4 Å². The molecule has 108 valence electrons. The number of terminal acetylenes is 1. The Balaban J connectivity index is 2.58. The minimum atomic E-state index is -0.313. The van der Waals surface area contributed by atoms with Crippen LogP contribution in [0, 0.1) is 12.3 Å². The predicted octanol–water partition coefficient (Wildman–Crippen LogP) is 2.16. The van der Waals surface area contributed by atoms with Gasteiger partial charge in [0.05, 0.1) is 6.54 Å². The summed E-state index contributed by atoms with van der Waals surface area (Å²) in [5.41, 5.74) is 0.231. The van der Waals surface area contributed by atoms with Gasteiger partial charge in [0, 0.05) is 11.9 Å². The van der Waals surface area contributed by atoms with E-state index >= 15 is 0 Å². The summed E-state index contributed by atoms with van der Waals surface area (Å²) in [5, 5.41) is 4.01. The van der Waals surface area contributed by atoms with Gasteiger partial charge in [0.2, 0.25) is 0 Å². The van der Waals surface area contributed by atoms with Gasteiger partial charge < -0.3 is 9.88 Å². The summed E-state index contributed by atoms with van der Waals surface area (Å²) < 4.78 is 1.54. The van der Waals surface area contributed by atoms with Crippen LogP contribution in [0.1, 0.15) is 30.3 Å². The average molecular weight is 282 g/mol. The van der Waals surface area contributed by atoms with Gasteiger partial charge in [0.25, 0.3) is 11.5 Å². The van der Waals surface area contributed by atoms with Crippen LogP contribution in [0.25, 0.3) is 10.8 Å². The molecule has 2 aromatic rings. The Bertz CT molecular complexity index is 753. The summed E-state index contributed by atoms with van der Waals surface area (Å²) in [5.74, 6) is 2.05. The van der Waals surface area contributed by atoms with E-state index in [4.69, 9.17) is 6.42 Å².